The molecule has 2 aromatic rings. The molecule has 2 rings (SSSR count). The van der Waals surface area contributed by atoms with E-state index in [4.69, 9.17) is 5.73 Å². The Kier molecular flexibility index (Phi) is 3.37. The molecule has 0 saturated heterocycles. The van der Waals surface area contributed by atoms with Crippen LogP contribution >= 0.6 is 0 Å². The van der Waals surface area contributed by atoms with Crippen molar-refractivity contribution in [3.63, 3.8) is 0 Å². The van der Waals surface area contributed by atoms with Gasteiger partial charge in [-0.15, -0.1) is 0 Å². The number of nitrogens with one attached hydrogen (secondary N) is 1. The Bertz CT molecular complexity index is 641. The molecule has 0 radical (unpaired) electrons. The van der Waals surface area contributed by atoms with Crippen LogP contribution in [-0.4, -0.2) is 11.0 Å². The predicted octanol–water partition coefficient (Wildman–Crippen LogP) is 2.67. The van der Waals surface area contributed by atoms with Crippen LogP contribution in [-0.2, 0) is 0 Å². The minimum atomic E-state index is -0.545. The second kappa shape index (κ2) is 4.97. The number of nitrogens with two attached hydrogens (primary N) is 1. The highest BCUT2D eigenvalue weighted by Crippen LogP contribution is 2.21. The summed E-state index contributed by atoms with van der Waals surface area (Å²) >= 11 is 0. The van der Waals surface area contributed by atoms with Crippen LogP contribution in [0.2, 0.25) is 0 Å². The summed E-state index contributed by atoms with van der Waals surface area (Å²) in [5.74, 6) is -1.14. The summed E-state index contributed by atoms with van der Waals surface area (Å²) in [7, 11) is 0. The zero-order chi connectivity index (χ0) is 14.0. The first-order valence-electron chi connectivity index (χ1n) is 5.63. The first-order valence-corrected chi connectivity index (χ1v) is 5.63. The highest BCUT2D eigenvalue weighted by molar-refractivity contribution is 6.06. The Morgan fingerprint density at radius 3 is 2.68 bits per heavy atom. The standard InChI is InChI=1S/C14H13FN2O2/c1-8-2-5-13(18)10(6-8)14(19)17-9-3-4-11(15)12(16)7-9/h2-7,18H,16H2,1H3,(H,17,19). The first kappa shape index (κ1) is 12.9. The van der Waals surface area contributed by atoms with E-state index in [-0.39, 0.29) is 17.0 Å². The molecule has 1 amide bonds. The molecule has 5 heteroatoms. The fourth-order valence-corrected chi connectivity index (χ4v) is 1.65. The van der Waals surface area contributed by atoms with E-state index in [1.54, 1.807) is 12.1 Å². The number of carbonyl (C=O) groups excluding carboxylic acids is 1. The van der Waals surface area contributed by atoms with Crippen molar-refractivity contribution >= 4 is 17.3 Å². The normalized spacial score (nSPS) is 10.2. The van der Waals surface area contributed by atoms with Gasteiger partial charge in [0.05, 0.1) is 11.3 Å². The van der Waals surface area contributed by atoms with Gasteiger partial charge in [-0.05, 0) is 37.3 Å². The molecule has 0 fully saturated rings. The quantitative estimate of drug-likeness (QED) is 0.727. The maximum Gasteiger partial charge on any atom is 0.259 e. The number of hydrogen-bond acceptors (Lipinski definition) is 3. The number of aryl methyl sites for hydroxylation is 1. The summed E-state index contributed by atoms with van der Waals surface area (Å²) < 4.78 is 13.0. The van der Waals surface area contributed by atoms with E-state index in [1.807, 2.05) is 6.92 Å². The van der Waals surface area contributed by atoms with Crippen LogP contribution in [0.1, 0.15) is 15.9 Å². The van der Waals surface area contributed by atoms with Gasteiger partial charge >= 0.3 is 0 Å². The lowest BCUT2D eigenvalue weighted by Crippen LogP contribution is -2.12. The van der Waals surface area contributed by atoms with Crippen molar-refractivity contribution in [2.24, 2.45) is 0 Å². The molecule has 0 unspecified atom stereocenters. The second-order valence-corrected chi connectivity index (χ2v) is 4.21. The Morgan fingerprint density at radius 1 is 1.26 bits per heavy atom. The Balaban J connectivity index is 2.25. The summed E-state index contributed by atoms with van der Waals surface area (Å²) in [5, 5.41) is 12.2. The molecule has 0 saturated carbocycles. The van der Waals surface area contributed by atoms with Crippen LogP contribution in [0.25, 0.3) is 0 Å². The molecule has 0 bridgehead atoms. The van der Waals surface area contributed by atoms with Gasteiger partial charge in [0.15, 0.2) is 0 Å². The van der Waals surface area contributed by atoms with Crippen molar-refractivity contribution in [2.45, 2.75) is 6.92 Å². The third kappa shape index (κ3) is 2.82. The van der Waals surface area contributed by atoms with E-state index in [2.05, 4.69) is 5.32 Å². The third-order valence-electron chi connectivity index (χ3n) is 2.65. The number of amides is 1. The summed E-state index contributed by atoms with van der Waals surface area (Å²) in [6.45, 7) is 1.81. The van der Waals surface area contributed by atoms with Crippen LogP contribution < -0.4 is 11.1 Å². The number of hydrogen-bond donors (Lipinski definition) is 3. The molecule has 2 aromatic carbocycles. The lowest BCUT2D eigenvalue weighted by atomic mass is 10.1. The van der Waals surface area contributed by atoms with Crippen molar-refractivity contribution < 1.29 is 14.3 Å². The maximum absolute atomic E-state index is 13.0. The number of nitrogen functional groups attached to an aromatic ring is 1. The van der Waals surface area contributed by atoms with E-state index >= 15 is 0 Å². The molecule has 0 spiro atoms. The van der Waals surface area contributed by atoms with Gasteiger partial charge < -0.3 is 16.2 Å². The number of aromatic hydroxyl groups is 1. The van der Waals surface area contributed by atoms with Gasteiger partial charge in [-0.2, -0.15) is 0 Å². The zero-order valence-corrected chi connectivity index (χ0v) is 10.3. The van der Waals surface area contributed by atoms with Crippen LogP contribution in [0.15, 0.2) is 36.4 Å². The molecular weight excluding hydrogens is 247 g/mol. The predicted molar refractivity (Wildman–Crippen MR) is 71.6 cm³/mol. The molecular formula is C14H13FN2O2. The molecule has 4 N–H and O–H groups in total. The van der Waals surface area contributed by atoms with Gasteiger partial charge in [-0.25, -0.2) is 4.39 Å². The van der Waals surface area contributed by atoms with Crippen molar-refractivity contribution in [3.05, 3.63) is 53.3 Å². The molecule has 0 aliphatic rings. The number of anilines is 2. The van der Waals surface area contributed by atoms with Gasteiger partial charge in [-0.3, -0.25) is 4.79 Å². The highest BCUT2D eigenvalue weighted by atomic mass is 19.1. The largest absolute Gasteiger partial charge is 0.507 e. The first-order chi connectivity index (χ1) is 8.97. The van der Waals surface area contributed by atoms with Crippen molar-refractivity contribution in [1.29, 1.82) is 0 Å². The molecule has 0 aliphatic heterocycles. The van der Waals surface area contributed by atoms with Crippen LogP contribution in [0.4, 0.5) is 15.8 Å². The topological polar surface area (TPSA) is 75.3 Å². The number of phenolic OH excluding ortho intramolecular Hbond substituents is 1. The molecule has 0 heterocycles. The number of phenols is 1. The van der Waals surface area contributed by atoms with E-state index in [0.29, 0.717) is 5.69 Å². The van der Waals surface area contributed by atoms with Gasteiger partial charge in [0.2, 0.25) is 0 Å². The highest BCUT2D eigenvalue weighted by Gasteiger charge is 2.12. The minimum Gasteiger partial charge on any atom is -0.507 e. The molecule has 19 heavy (non-hydrogen) atoms. The van der Waals surface area contributed by atoms with Crippen LogP contribution in [0.5, 0.6) is 5.75 Å². The van der Waals surface area contributed by atoms with Gasteiger partial charge in [0.25, 0.3) is 5.91 Å². The summed E-state index contributed by atoms with van der Waals surface area (Å²) in [4.78, 5) is 12.0. The fourth-order valence-electron chi connectivity index (χ4n) is 1.65. The van der Waals surface area contributed by atoms with Crippen molar-refractivity contribution in [3.8, 4) is 5.75 Å². The van der Waals surface area contributed by atoms with E-state index in [1.165, 1.54) is 24.3 Å². The molecule has 0 aliphatic carbocycles. The molecule has 0 aromatic heterocycles. The van der Waals surface area contributed by atoms with Crippen LogP contribution in [0.3, 0.4) is 0 Å². The van der Waals surface area contributed by atoms with Gasteiger partial charge in [0.1, 0.15) is 11.6 Å². The van der Waals surface area contributed by atoms with Crippen molar-refractivity contribution in [1.82, 2.24) is 0 Å². The lowest BCUT2D eigenvalue weighted by Gasteiger charge is -2.08. The van der Waals surface area contributed by atoms with Gasteiger partial charge in [-0.1, -0.05) is 11.6 Å². The molecule has 98 valence electrons. The summed E-state index contributed by atoms with van der Waals surface area (Å²) in [6.07, 6.45) is 0. The average molecular weight is 260 g/mol. The minimum absolute atomic E-state index is 0.0498. The Hall–Kier alpha value is -2.56. The van der Waals surface area contributed by atoms with E-state index < -0.39 is 11.7 Å². The Morgan fingerprint density at radius 2 is 2.00 bits per heavy atom. The number of benzene rings is 2. The van der Waals surface area contributed by atoms with Gasteiger partial charge in [0, 0.05) is 5.69 Å². The van der Waals surface area contributed by atoms with Crippen molar-refractivity contribution in [2.75, 3.05) is 11.1 Å². The monoisotopic (exact) mass is 260 g/mol. The number of carbonyl (C=O) groups is 1. The SMILES string of the molecule is Cc1ccc(O)c(C(=O)Nc2ccc(F)c(N)c2)c1. The summed E-state index contributed by atoms with van der Waals surface area (Å²) in [6, 6.07) is 8.60. The molecule has 4 nitrogen and oxygen atoms in total. The summed E-state index contributed by atoms with van der Waals surface area (Å²) in [5.41, 5.74) is 6.73. The average Bonchev–Trinajstić information content (AvgIpc) is 2.36. The molecule has 0 atom stereocenters. The lowest BCUT2D eigenvalue weighted by molar-refractivity contribution is 0.102. The maximum atomic E-state index is 13.0. The smallest absolute Gasteiger partial charge is 0.259 e. The zero-order valence-electron chi connectivity index (χ0n) is 10.3. The number of rotatable bonds is 2. The Labute approximate surface area is 109 Å². The van der Waals surface area contributed by atoms with E-state index in [0.717, 1.165) is 5.56 Å². The number of halogens is 1. The van der Waals surface area contributed by atoms with Crippen LogP contribution in [0, 0.1) is 12.7 Å². The second-order valence-electron chi connectivity index (χ2n) is 4.21. The van der Waals surface area contributed by atoms with E-state index in [9.17, 15) is 14.3 Å². The third-order valence-corrected chi connectivity index (χ3v) is 2.65. The fraction of sp³-hybridized carbons (Fsp3) is 0.0714.